The molecule has 0 bridgehead atoms. The molecule has 0 saturated carbocycles. The van der Waals surface area contributed by atoms with Crippen LogP contribution in [0.4, 0.5) is 9.18 Å². The molecule has 0 fully saturated rings. The molecule has 1 N–H and O–H groups in total. The fraction of sp³-hybridized carbons (Fsp3) is 0.387. The lowest BCUT2D eigenvalue weighted by atomic mass is 9.96. The summed E-state index contributed by atoms with van der Waals surface area (Å²) in [6.45, 7) is 7.92. The Hall–Kier alpha value is -4.14. The van der Waals surface area contributed by atoms with E-state index in [1.165, 1.54) is 18.1 Å². The molecule has 0 aliphatic carbocycles. The van der Waals surface area contributed by atoms with Crippen molar-refractivity contribution in [1.82, 2.24) is 19.8 Å². The fourth-order valence-electron chi connectivity index (χ4n) is 5.26. The average molecular weight is 547 g/mol. The quantitative estimate of drug-likeness (QED) is 0.352. The second-order valence-corrected chi connectivity index (χ2v) is 11.3. The van der Waals surface area contributed by atoms with Crippen molar-refractivity contribution in [3.63, 3.8) is 0 Å². The average Bonchev–Trinajstić information content (AvgIpc) is 3.31. The number of aromatic amines is 1. The summed E-state index contributed by atoms with van der Waals surface area (Å²) in [7, 11) is 3.02. The zero-order valence-electron chi connectivity index (χ0n) is 23.8. The highest BCUT2D eigenvalue weighted by atomic mass is 19.1. The van der Waals surface area contributed by atoms with Gasteiger partial charge in [0.2, 0.25) is 5.91 Å². The number of fused-ring (bicyclic) bond motifs is 5. The Morgan fingerprint density at radius 2 is 1.95 bits per heavy atom. The van der Waals surface area contributed by atoms with Gasteiger partial charge in [0.15, 0.2) is 11.6 Å². The molecule has 0 radical (unpaired) electrons. The highest BCUT2D eigenvalue weighted by Crippen LogP contribution is 2.35. The normalized spacial score (nSPS) is 14.2. The van der Waals surface area contributed by atoms with Crippen LogP contribution >= 0.6 is 0 Å². The van der Waals surface area contributed by atoms with Crippen molar-refractivity contribution in [2.75, 3.05) is 20.7 Å². The molecule has 0 unspecified atom stereocenters. The maximum atomic E-state index is 14.5. The number of rotatable bonds is 5. The molecule has 3 heterocycles. The van der Waals surface area contributed by atoms with E-state index >= 15 is 0 Å². The van der Waals surface area contributed by atoms with Crippen molar-refractivity contribution in [1.29, 1.82) is 0 Å². The minimum absolute atomic E-state index is 0.168. The summed E-state index contributed by atoms with van der Waals surface area (Å²) in [4.78, 5) is 37.8. The van der Waals surface area contributed by atoms with Gasteiger partial charge in [0.1, 0.15) is 11.6 Å². The number of aromatic nitrogens is 2. The summed E-state index contributed by atoms with van der Waals surface area (Å²) in [5.41, 5.74) is 4.73. The van der Waals surface area contributed by atoms with E-state index in [0.717, 1.165) is 44.3 Å². The first-order valence-corrected chi connectivity index (χ1v) is 13.4. The Kier molecular flexibility index (Phi) is 7.16. The van der Waals surface area contributed by atoms with Crippen LogP contribution in [-0.2, 0) is 28.9 Å². The van der Waals surface area contributed by atoms with Crippen molar-refractivity contribution < 1.29 is 23.5 Å². The third-order valence-electron chi connectivity index (χ3n) is 7.41. The lowest BCUT2D eigenvalue weighted by molar-refractivity contribution is -0.136. The Bertz CT molecular complexity index is 1610. The second kappa shape index (κ2) is 10.4. The molecule has 2 aromatic carbocycles. The fourth-order valence-corrected chi connectivity index (χ4v) is 5.26. The maximum Gasteiger partial charge on any atom is 0.410 e. The van der Waals surface area contributed by atoms with Gasteiger partial charge >= 0.3 is 6.09 Å². The Morgan fingerprint density at radius 1 is 1.20 bits per heavy atom. The molecule has 0 saturated heterocycles. The van der Waals surface area contributed by atoms with Gasteiger partial charge in [0.25, 0.3) is 0 Å². The molecule has 0 spiro atoms. The molecule has 2 amide bonds. The van der Waals surface area contributed by atoms with Crippen LogP contribution in [0.15, 0.2) is 42.5 Å². The van der Waals surface area contributed by atoms with Crippen molar-refractivity contribution in [3.05, 3.63) is 70.8 Å². The van der Waals surface area contributed by atoms with Gasteiger partial charge in [-0.15, -0.1) is 0 Å². The first-order valence-electron chi connectivity index (χ1n) is 13.4. The molecule has 9 heteroatoms. The van der Waals surface area contributed by atoms with Gasteiger partial charge in [-0.2, -0.15) is 0 Å². The first-order chi connectivity index (χ1) is 19.0. The van der Waals surface area contributed by atoms with Gasteiger partial charge < -0.3 is 19.4 Å². The molecule has 210 valence electrons. The molecule has 40 heavy (non-hydrogen) atoms. The van der Waals surface area contributed by atoms with E-state index in [0.29, 0.717) is 25.9 Å². The molecule has 2 aromatic heterocycles. The number of hydrogen-bond acceptors (Lipinski definition) is 5. The predicted octanol–water partition coefficient (Wildman–Crippen LogP) is 5.59. The van der Waals surface area contributed by atoms with E-state index < -0.39 is 23.6 Å². The Morgan fingerprint density at radius 3 is 2.65 bits per heavy atom. The third-order valence-corrected chi connectivity index (χ3v) is 7.41. The summed E-state index contributed by atoms with van der Waals surface area (Å²) in [5.74, 6) is -0.401. The number of carbonyl (C=O) groups excluding carboxylic acids is 2. The van der Waals surface area contributed by atoms with Gasteiger partial charge in [-0.1, -0.05) is 24.3 Å². The lowest BCUT2D eigenvalue weighted by Crippen LogP contribution is -2.50. The monoisotopic (exact) mass is 546 g/mol. The highest BCUT2D eigenvalue weighted by Gasteiger charge is 2.33. The summed E-state index contributed by atoms with van der Waals surface area (Å²) >= 11 is 0. The number of pyridine rings is 1. The number of ether oxygens (including phenoxy) is 2. The number of nitrogens with one attached hydrogen (secondary N) is 1. The van der Waals surface area contributed by atoms with Crippen LogP contribution < -0.4 is 4.74 Å². The Labute approximate surface area is 233 Å². The van der Waals surface area contributed by atoms with Gasteiger partial charge in [-0.25, -0.2) is 9.18 Å². The minimum atomic E-state index is -0.699. The summed E-state index contributed by atoms with van der Waals surface area (Å²) in [6, 6.07) is 12.3. The predicted molar refractivity (Wildman–Crippen MR) is 152 cm³/mol. The van der Waals surface area contributed by atoms with Crippen LogP contribution in [0.5, 0.6) is 5.75 Å². The third kappa shape index (κ3) is 5.20. The van der Waals surface area contributed by atoms with Crippen LogP contribution in [0.25, 0.3) is 21.8 Å². The largest absolute Gasteiger partial charge is 0.494 e. The molecule has 1 atom stereocenters. The second-order valence-electron chi connectivity index (χ2n) is 11.3. The number of H-pyrrole nitrogens is 1. The van der Waals surface area contributed by atoms with Crippen molar-refractivity contribution in [3.8, 4) is 5.75 Å². The number of hydrogen-bond donors (Lipinski definition) is 1. The van der Waals surface area contributed by atoms with Crippen LogP contribution in [0.1, 0.15) is 50.2 Å². The number of carbonyl (C=O) groups is 2. The van der Waals surface area contributed by atoms with Crippen LogP contribution in [-0.4, -0.2) is 64.1 Å². The number of likely N-dealkylation sites (N-methyl/N-ethyl adjacent to an activating group) is 1. The zero-order valence-corrected chi connectivity index (χ0v) is 23.8. The smallest absolute Gasteiger partial charge is 0.410 e. The molecule has 8 nitrogen and oxygen atoms in total. The van der Waals surface area contributed by atoms with E-state index in [1.54, 1.807) is 45.7 Å². The molecule has 4 aromatic rings. The lowest BCUT2D eigenvalue weighted by Gasteiger charge is -2.34. The van der Waals surface area contributed by atoms with Gasteiger partial charge in [0, 0.05) is 36.3 Å². The van der Waals surface area contributed by atoms with Gasteiger partial charge in [-0.05, 0) is 63.4 Å². The molecule has 1 aliphatic heterocycles. The highest BCUT2D eigenvalue weighted by molar-refractivity contribution is 6.10. The van der Waals surface area contributed by atoms with Crippen molar-refractivity contribution in [2.45, 2.75) is 58.7 Å². The molecular weight excluding hydrogens is 511 g/mol. The van der Waals surface area contributed by atoms with Crippen molar-refractivity contribution >= 4 is 33.8 Å². The maximum absolute atomic E-state index is 14.5. The summed E-state index contributed by atoms with van der Waals surface area (Å²) in [6.07, 6.45) is 0.495. The number of methoxy groups -OCH3 is 1. The van der Waals surface area contributed by atoms with E-state index in [-0.39, 0.29) is 11.7 Å². The standard InChI is InChI=1S/C31H35FN4O4/c1-18(35(5)30(38)40-31(2,3)4)29(37)36-14-13-21-25(17-36)33-24(16-19-11-12-26(39-6)22(32)15-19)28-27(21)20-9-7-8-10-23(20)34-28/h7-12,15,18,34H,13-14,16-17H2,1-6H3/t18-/m0/s1. The van der Waals surface area contributed by atoms with Gasteiger partial charge in [-0.3, -0.25) is 14.7 Å². The van der Waals surface area contributed by atoms with Gasteiger partial charge in [0.05, 0.1) is 30.6 Å². The topological polar surface area (TPSA) is 87.8 Å². The molecule has 1 aliphatic rings. The number of nitrogens with zero attached hydrogens (tertiary/aromatic N) is 3. The summed E-state index contributed by atoms with van der Waals surface area (Å²) < 4.78 is 25.0. The first kappa shape index (κ1) is 27.4. The minimum Gasteiger partial charge on any atom is -0.494 e. The number of amides is 2. The van der Waals surface area contributed by atoms with E-state index in [4.69, 9.17) is 14.5 Å². The van der Waals surface area contributed by atoms with Crippen molar-refractivity contribution in [2.24, 2.45) is 0 Å². The molecular formula is C31H35FN4O4. The Balaban J connectivity index is 1.50. The number of para-hydroxylation sites is 1. The van der Waals surface area contributed by atoms with E-state index in [1.807, 2.05) is 24.3 Å². The molecule has 5 rings (SSSR count). The van der Waals surface area contributed by atoms with Crippen LogP contribution in [0.3, 0.4) is 0 Å². The number of halogens is 1. The van der Waals surface area contributed by atoms with Crippen LogP contribution in [0, 0.1) is 5.82 Å². The van der Waals surface area contributed by atoms with E-state index in [2.05, 4.69) is 11.1 Å². The zero-order chi connectivity index (χ0) is 28.8. The van der Waals surface area contributed by atoms with E-state index in [9.17, 15) is 14.0 Å². The summed E-state index contributed by atoms with van der Waals surface area (Å²) in [5, 5.41) is 2.19. The number of benzene rings is 2. The SMILES string of the molecule is COc1ccc(Cc2nc3c(c4c2[nH]c2ccccc24)CCN(C(=O)[C@H](C)N(C)C(=O)OC(C)(C)C)C3)cc1F. The van der Waals surface area contributed by atoms with Crippen LogP contribution in [0.2, 0.25) is 0 Å².